The molecule has 1 atom stereocenters. The van der Waals surface area contributed by atoms with Crippen LogP contribution in [0.15, 0.2) is 18.2 Å². The topological polar surface area (TPSA) is 145 Å². The Bertz CT molecular complexity index is 899. The minimum Gasteiger partial charge on any atom is -0.495 e. The smallest absolute Gasteiger partial charge is 0.332 e. The zero-order valence-electron chi connectivity index (χ0n) is 18.5. The Kier molecular flexibility index (Phi) is 8.16. The van der Waals surface area contributed by atoms with E-state index in [4.69, 9.17) is 9.84 Å². The van der Waals surface area contributed by atoms with Crippen LogP contribution in [0.4, 0.5) is 10.5 Å². The molecule has 11 nitrogen and oxygen atoms in total. The number of anilines is 1. The van der Waals surface area contributed by atoms with Gasteiger partial charge < -0.3 is 20.5 Å². The molecule has 1 fully saturated rings. The van der Waals surface area contributed by atoms with E-state index in [2.05, 4.69) is 10.6 Å². The number of urea groups is 1. The average Bonchev–Trinajstić information content (AvgIpc) is 2.71. The highest BCUT2D eigenvalue weighted by molar-refractivity contribution is 6.06. The molecule has 1 aromatic rings. The van der Waals surface area contributed by atoms with Crippen molar-refractivity contribution >= 4 is 35.4 Å². The number of aliphatic carboxylic acids is 1. The van der Waals surface area contributed by atoms with Gasteiger partial charge in [0.25, 0.3) is 0 Å². The molecule has 1 saturated heterocycles. The number of nitrogens with zero attached hydrogens (tertiary/aromatic N) is 2. The summed E-state index contributed by atoms with van der Waals surface area (Å²) in [7, 11) is 1.48. The van der Waals surface area contributed by atoms with Crippen molar-refractivity contribution in [1.29, 1.82) is 0 Å². The number of carboxylic acids is 1. The van der Waals surface area contributed by atoms with Gasteiger partial charge in [-0.3, -0.25) is 24.1 Å². The summed E-state index contributed by atoms with van der Waals surface area (Å²) in [6.45, 7) is 4.86. The van der Waals surface area contributed by atoms with Crippen LogP contribution in [0, 0.1) is 0 Å². The molecule has 0 saturated carbocycles. The quantitative estimate of drug-likeness (QED) is 0.511. The molecule has 5 amide bonds. The number of rotatable bonds is 9. The Hall–Kier alpha value is -3.63. The summed E-state index contributed by atoms with van der Waals surface area (Å²) in [4.78, 5) is 62.3. The van der Waals surface area contributed by atoms with Gasteiger partial charge in [0, 0.05) is 19.9 Å². The molecule has 2 rings (SSSR count). The average molecular weight is 448 g/mol. The second-order valence-electron chi connectivity index (χ2n) is 7.64. The van der Waals surface area contributed by atoms with E-state index >= 15 is 0 Å². The number of carbonyl (C=O) groups is 5. The largest absolute Gasteiger partial charge is 0.495 e. The molecule has 1 aliphatic heterocycles. The molecule has 0 radical (unpaired) electrons. The third-order valence-corrected chi connectivity index (χ3v) is 4.96. The minimum absolute atomic E-state index is 0.0287. The van der Waals surface area contributed by atoms with Crippen LogP contribution in [0.25, 0.3) is 0 Å². The molecule has 1 heterocycles. The normalized spacial score (nSPS) is 14.9. The van der Waals surface area contributed by atoms with E-state index in [1.54, 1.807) is 6.07 Å². The van der Waals surface area contributed by atoms with Crippen molar-refractivity contribution in [2.24, 2.45) is 0 Å². The number of amides is 5. The second kappa shape index (κ2) is 10.6. The predicted molar refractivity (Wildman–Crippen MR) is 114 cm³/mol. The Morgan fingerprint density at radius 1 is 1.22 bits per heavy atom. The van der Waals surface area contributed by atoms with Gasteiger partial charge in [-0.1, -0.05) is 19.9 Å². The monoisotopic (exact) mass is 448 g/mol. The number of benzene rings is 1. The summed E-state index contributed by atoms with van der Waals surface area (Å²) in [5.74, 6) is -2.50. The van der Waals surface area contributed by atoms with E-state index in [9.17, 15) is 24.0 Å². The van der Waals surface area contributed by atoms with Crippen molar-refractivity contribution in [3.8, 4) is 5.75 Å². The van der Waals surface area contributed by atoms with Gasteiger partial charge in [-0.2, -0.15) is 0 Å². The molecule has 1 aliphatic rings. The van der Waals surface area contributed by atoms with Crippen molar-refractivity contribution in [3.63, 3.8) is 0 Å². The molecule has 32 heavy (non-hydrogen) atoms. The molecule has 0 aromatic heterocycles. The van der Waals surface area contributed by atoms with Crippen LogP contribution in [0.5, 0.6) is 5.75 Å². The number of carboxylic acid groups (broad SMARTS) is 1. The van der Waals surface area contributed by atoms with Gasteiger partial charge >= 0.3 is 12.0 Å². The summed E-state index contributed by atoms with van der Waals surface area (Å²) < 4.78 is 5.38. The molecule has 1 aromatic carbocycles. The fraction of sp³-hybridized carbons (Fsp3) is 0.476. The molecule has 0 unspecified atom stereocenters. The van der Waals surface area contributed by atoms with E-state index < -0.39 is 48.9 Å². The van der Waals surface area contributed by atoms with Gasteiger partial charge in [0.05, 0.1) is 19.2 Å². The highest BCUT2D eigenvalue weighted by Crippen LogP contribution is 2.33. The first kappa shape index (κ1) is 24.6. The van der Waals surface area contributed by atoms with Gasteiger partial charge in [-0.25, -0.2) is 9.69 Å². The summed E-state index contributed by atoms with van der Waals surface area (Å²) in [6.07, 6.45) is -0.612. The minimum atomic E-state index is -1.33. The van der Waals surface area contributed by atoms with Crippen LogP contribution >= 0.6 is 0 Å². The number of hydrogen-bond acceptors (Lipinski definition) is 6. The number of hydrogen-bond donors (Lipinski definition) is 3. The standard InChI is InChI=1S/C21H28N4O7/c1-12(2)14-5-6-17(32-4)16(9-14)24-8-7-18(27)25(21(24)31)11-22-20(30)15(10-19(28)29)23-13(3)26/h5-6,9,12,15H,7-8,10-11H2,1-4H3,(H,22,30)(H,23,26)(H,28,29)/t15-/m0/s1. The molecule has 11 heteroatoms. The lowest BCUT2D eigenvalue weighted by atomic mass is 10.0. The van der Waals surface area contributed by atoms with Crippen LogP contribution in [0.2, 0.25) is 0 Å². The van der Waals surface area contributed by atoms with Gasteiger partial charge in [0.2, 0.25) is 17.7 Å². The zero-order chi connectivity index (χ0) is 24.0. The maximum absolute atomic E-state index is 13.1. The van der Waals surface area contributed by atoms with E-state index in [0.29, 0.717) is 11.4 Å². The predicted octanol–water partition coefficient (Wildman–Crippen LogP) is 1.03. The number of methoxy groups -OCH3 is 1. The Morgan fingerprint density at radius 2 is 1.91 bits per heavy atom. The number of ether oxygens (including phenoxy) is 1. The molecular weight excluding hydrogens is 420 g/mol. The first-order valence-corrected chi connectivity index (χ1v) is 10.1. The van der Waals surface area contributed by atoms with Gasteiger partial charge in [-0.15, -0.1) is 0 Å². The van der Waals surface area contributed by atoms with Crippen molar-refractivity contribution in [1.82, 2.24) is 15.5 Å². The molecule has 0 spiro atoms. The van der Waals surface area contributed by atoms with E-state index in [1.165, 1.54) is 12.0 Å². The van der Waals surface area contributed by atoms with Crippen molar-refractivity contribution in [2.45, 2.75) is 45.6 Å². The number of carbonyl (C=O) groups excluding carboxylic acids is 4. The molecule has 174 valence electrons. The summed E-state index contributed by atoms with van der Waals surface area (Å²) in [5.41, 5.74) is 1.49. The molecule has 0 aliphatic carbocycles. The first-order chi connectivity index (χ1) is 15.0. The van der Waals surface area contributed by atoms with Gasteiger partial charge in [0.15, 0.2) is 0 Å². The van der Waals surface area contributed by atoms with Gasteiger partial charge in [0.1, 0.15) is 18.5 Å². The van der Waals surface area contributed by atoms with Crippen LogP contribution in [0.1, 0.15) is 45.1 Å². The molecule has 3 N–H and O–H groups in total. The van der Waals surface area contributed by atoms with E-state index in [-0.39, 0.29) is 18.9 Å². The Morgan fingerprint density at radius 3 is 2.47 bits per heavy atom. The van der Waals surface area contributed by atoms with Crippen molar-refractivity contribution < 1.29 is 33.8 Å². The summed E-state index contributed by atoms with van der Waals surface area (Å²) in [6, 6.07) is 3.50. The highest BCUT2D eigenvalue weighted by Gasteiger charge is 2.35. The van der Waals surface area contributed by atoms with E-state index in [1.807, 2.05) is 26.0 Å². The number of nitrogens with one attached hydrogen (secondary N) is 2. The van der Waals surface area contributed by atoms with Gasteiger partial charge in [-0.05, 0) is 23.6 Å². The third-order valence-electron chi connectivity index (χ3n) is 4.96. The lowest BCUT2D eigenvalue weighted by molar-refractivity contribution is -0.141. The maximum Gasteiger partial charge on any atom is 0.332 e. The molecule has 0 bridgehead atoms. The Labute approximate surface area is 185 Å². The highest BCUT2D eigenvalue weighted by atomic mass is 16.5. The zero-order valence-corrected chi connectivity index (χ0v) is 18.5. The van der Waals surface area contributed by atoms with Crippen LogP contribution < -0.4 is 20.3 Å². The van der Waals surface area contributed by atoms with Crippen LogP contribution in [0.3, 0.4) is 0 Å². The fourth-order valence-corrected chi connectivity index (χ4v) is 3.26. The SMILES string of the molecule is COc1ccc(C(C)C)cc1N1CCC(=O)N(CNC(=O)[C@H](CC(=O)O)NC(C)=O)C1=O. The third kappa shape index (κ3) is 5.96. The fourth-order valence-electron chi connectivity index (χ4n) is 3.26. The Balaban J connectivity index is 2.20. The van der Waals surface area contributed by atoms with Crippen molar-refractivity contribution in [2.75, 3.05) is 25.2 Å². The number of imide groups is 1. The second-order valence-corrected chi connectivity index (χ2v) is 7.64. The van der Waals surface area contributed by atoms with E-state index in [0.717, 1.165) is 17.4 Å². The summed E-state index contributed by atoms with van der Waals surface area (Å²) in [5, 5.41) is 13.6. The maximum atomic E-state index is 13.1. The van der Waals surface area contributed by atoms with Crippen molar-refractivity contribution in [3.05, 3.63) is 23.8 Å². The van der Waals surface area contributed by atoms with Crippen LogP contribution in [-0.2, 0) is 19.2 Å². The lowest BCUT2D eigenvalue weighted by Gasteiger charge is -2.35. The first-order valence-electron chi connectivity index (χ1n) is 10.1. The summed E-state index contributed by atoms with van der Waals surface area (Å²) >= 11 is 0. The molecular formula is C21H28N4O7. The lowest BCUT2D eigenvalue weighted by Crippen LogP contribution is -2.57. The van der Waals surface area contributed by atoms with Crippen LogP contribution in [-0.4, -0.2) is 66.1 Å².